The Bertz CT molecular complexity index is 396. The minimum absolute atomic E-state index is 0.0322. The van der Waals surface area contributed by atoms with Crippen molar-refractivity contribution in [1.29, 1.82) is 0 Å². The molecule has 0 fully saturated rings. The average molecular weight is 271 g/mol. The summed E-state index contributed by atoms with van der Waals surface area (Å²) in [5.74, 6) is 0.840. The molecule has 1 aromatic heterocycles. The minimum atomic E-state index is -0.0931. The Morgan fingerprint density at radius 1 is 1.33 bits per heavy atom. The van der Waals surface area contributed by atoms with E-state index in [0.717, 1.165) is 11.0 Å². The molecule has 2 N–H and O–H groups in total. The van der Waals surface area contributed by atoms with Gasteiger partial charge in [-0.3, -0.25) is 0 Å². The van der Waals surface area contributed by atoms with Crippen LogP contribution in [0.2, 0.25) is 0 Å². The Morgan fingerprint density at radius 3 is 2.50 bits per heavy atom. The van der Waals surface area contributed by atoms with E-state index < -0.39 is 0 Å². The number of hydrogen-bond donors (Lipinski definition) is 2. The van der Waals surface area contributed by atoms with Gasteiger partial charge in [-0.1, -0.05) is 20.8 Å². The van der Waals surface area contributed by atoms with Gasteiger partial charge >= 0.3 is 6.03 Å². The molecule has 1 heterocycles. The molecule has 0 unspecified atom stereocenters. The zero-order valence-corrected chi connectivity index (χ0v) is 12.4. The molecule has 0 aromatic carbocycles. The van der Waals surface area contributed by atoms with Gasteiger partial charge in [0.1, 0.15) is 5.82 Å². The Morgan fingerprint density at radius 2 is 2.00 bits per heavy atom. The lowest BCUT2D eigenvalue weighted by Crippen LogP contribution is -2.37. The summed E-state index contributed by atoms with van der Waals surface area (Å²) in [6.45, 7) is 7.43. The molecular formula is C11H21N5OS. The number of anilines is 1. The van der Waals surface area contributed by atoms with E-state index in [9.17, 15) is 4.79 Å². The molecule has 102 valence electrons. The van der Waals surface area contributed by atoms with Crippen molar-refractivity contribution >= 4 is 22.7 Å². The first-order valence-electron chi connectivity index (χ1n) is 5.84. The maximum Gasteiger partial charge on any atom is 0.316 e. The van der Waals surface area contributed by atoms with E-state index in [2.05, 4.69) is 40.8 Å². The molecule has 18 heavy (non-hydrogen) atoms. The van der Waals surface area contributed by atoms with Crippen LogP contribution in [-0.4, -0.2) is 47.5 Å². The van der Waals surface area contributed by atoms with E-state index in [1.165, 1.54) is 16.4 Å². The van der Waals surface area contributed by atoms with E-state index in [-0.39, 0.29) is 11.4 Å². The van der Waals surface area contributed by atoms with E-state index in [0.29, 0.717) is 13.1 Å². The van der Waals surface area contributed by atoms with Crippen LogP contribution in [0.1, 0.15) is 26.6 Å². The Kier molecular flexibility index (Phi) is 4.89. The van der Waals surface area contributed by atoms with Gasteiger partial charge in [0.05, 0.1) is 0 Å². The van der Waals surface area contributed by atoms with Crippen LogP contribution in [0.3, 0.4) is 0 Å². The van der Waals surface area contributed by atoms with Gasteiger partial charge in [-0.2, -0.15) is 4.37 Å². The van der Waals surface area contributed by atoms with Gasteiger partial charge in [0.15, 0.2) is 0 Å². The lowest BCUT2D eigenvalue weighted by Gasteiger charge is -2.12. The van der Waals surface area contributed by atoms with Crippen LogP contribution in [-0.2, 0) is 5.41 Å². The van der Waals surface area contributed by atoms with Crippen LogP contribution < -0.4 is 10.6 Å². The first-order valence-corrected chi connectivity index (χ1v) is 6.61. The summed E-state index contributed by atoms with van der Waals surface area (Å²) >= 11 is 1.35. The molecule has 1 aromatic rings. The third-order valence-electron chi connectivity index (χ3n) is 2.18. The fourth-order valence-corrected chi connectivity index (χ4v) is 1.88. The SMILES string of the molecule is CN(C)C(=O)NCCNc1nc(C(C)(C)C)ns1. The normalized spacial score (nSPS) is 11.2. The van der Waals surface area contributed by atoms with Crippen molar-refractivity contribution in [2.24, 2.45) is 0 Å². The average Bonchev–Trinajstić information content (AvgIpc) is 2.72. The summed E-state index contributed by atoms with van der Waals surface area (Å²) in [6, 6.07) is -0.0931. The number of carbonyl (C=O) groups is 1. The molecule has 0 saturated carbocycles. The monoisotopic (exact) mass is 271 g/mol. The fourth-order valence-electron chi connectivity index (χ4n) is 1.10. The molecule has 0 aliphatic rings. The van der Waals surface area contributed by atoms with Crippen molar-refractivity contribution in [3.05, 3.63) is 5.82 Å². The molecule has 0 bridgehead atoms. The molecule has 0 aliphatic carbocycles. The van der Waals surface area contributed by atoms with E-state index in [1.807, 2.05) is 0 Å². The molecule has 0 saturated heterocycles. The summed E-state index contributed by atoms with van der Waals surface area (Å²) in [5, 5.41) is 6.70. The number of hydrogen-bond acceptors (Lipinski definition) is 5. The number of nitrogens with one attached hydrogen (secondary N) is 2. The largest absolute Gasteiger partial charge is 0.359 e. The number of aromatic nitrogens is 2. The second-order valence-corrected chi connectivity index (χ2v) is 5.98. The van der Waals surface area contributed by atoms with Crippen molar-refractivity contribution in [1.82, 2.24) is 19.6 Å². The lowest BCUT2D eigenvalue weighted by atomic mass is 9.96. The summed E-state index contributed by atoms with van der Waals surface area (Å²) < 4.78 is 4.30. The topological polar surface area (TPSA) is 70.2 Å². The minimum Gasteiger partial charge on any atom is -0.359 e. The zero-order chi connectivity index (χ0) is 13.8. The third kappa shape index (κ3) is 4.48. The van der Waals surface area contributed by atoms with Crippen molar-refractivity contribution < 1.29 is 4.79 Å². The first kappa shape index (κ1) is 14.7. The molecule has 0 radical (unpaired) electrons. The molecule has 6 nitrogen and oxygen atoms in total. The molecule has 2 amide bonds. The highest BCUT2D eigenvalue weighted by molar-refractivity contribution is 7.09. The number of nitrogens with zero attached hydrogens (tertiary/aromatic N) is 3. The van der Waals surface area contributed by atoms with E-state index in [1.54, 1.807) is 14.1 Å². The predicted octanol–water partition coefficient (Wildman–Crippen LogP) is 1.52. The second kappa shape index (κ2) is 5.99. The molecule has 0 atom stereocenters. The van der Waals surface area contributed by atoms with Gasteiger partial charge in [-0.25, -0.2) is 9.78 Å². The maximum atomic E-state index is 11.3. The fraction of sp³-hybridized carbons (Fsp3) is 0.727. The molecule has 0 aliphatic heterocycles. The number of carbonyl (C=O) groups excluding carboxylic acids is 1. The maximum absolute atomic E-state index is 11.3. The standard InChI is InChI=1S/C11H21N5OS/c1-11(2,3)8-14-9(18-15-8)12-6-7-13-10(17)16(4)5/h6-7H2,1-5H3,(H,13,17)(H,12,14,15). The van der Waals surface area contributed by atoms with Gasteiger partial charge < -0.3 is 15.5 Å². The van der Waals surface area contributed by atoms with Crippen molar-refractivity contribution in [2.45, 2.75) is 26.2 Å². The number of urea groups is 1. The Labute approximate surface area is 112 Å². The zero-order valence-electron chi connectivity index (χ0n) is 11.6. The summed E-state index contributed by atoms with van der Waals surface area (Å²) in [7, 11) is 3.42. The Balaban J connectivity index is 2.32. The molecular weight excluding hydrogens is 250 g/mol. The summed E-state index contributed by atoms with van der Waals surface area (Å²) in [5.41, 5.74) is -0.0322. The quantitative estimate of drug-likeness (QED) is 0.815. The van der Waals surface area contributed by atoms with Crippen LogP contribution in [0, 0.1) is 0 Å². The second-order valence-electron chi connectivity index (χ2n) is 5.23. The molecule has 7 heteroatoms. The van der Waals surface area contributed by atoms with Gasteiger partial charge in [0.2, 0.25) is 5.13 Å². The van der Waals surface area contributed by atoms with Crippen LogP contribution in [0.4, 0.5) is 9.93 Å². The van der Waals surface area contributed by atoms with Gasteiger partial charge in [-0.15, -0.1) is 0 Å². The lowest BCUT2D eigenvalue weighted by molar-refractivity contribution is 0.218. The van der Waals surface area contributed by atoms with Crippen LogP contribution in [0.25, 0.3) is 0 Å². The smallest absolute Gasteiger partial charge is 0.316 e. The molecule has 1 rings (SSSR count). The van der Waals surface area contributed by atoms with Crippen LogP contribution >= 0.6 is 11.5 Å². The van der Waals surface area contributed by atoms with Gasteiger partial charge in [0.25, 0.3) is 0 Å². The highest BCUT2D eigenvalue weighted by Crippen LogP contribution is 2.22. The third-order valence-corrected chi connectivity index (χ3v) is 2.85. The molecule has 0 spiro atoms. The summed E-state index contributed by atoms with van der Waals surface area (Å²) in [6.07, 6.45) is 0. The predicted molar refractivity (Wildman–Crippen MR) is 74.2 cm³/mol. The highest BCUT2D eigenvalue weighted by atomic mass is 32.1. The number of rotatable bonds is 4. The van der Waals surface area contributed by atoms with Crippen LogP contribution in [0.5, 0.6) is 0 Å². The van der Waals surface area contributed by atoms with Crippen molar-refractivity contribution in [2.75, 3.05) is 32.5 Å². The van der Waals surface area contributed by atoms with Crippen LogP contribution in [0.15, 0.2) is 0 Å². The highest BCUT2D eigenvalue weighted by Gasteiger charge is 2.19. The number of amides is 2. The van der Waals surface area contributed by atoms with E-state index in [4.69, 9.17) is 0 Å². The first-order chi connectivity index (χ1) is 8.30. The van der Waals surface area contributed by atoms with E-state index >= 15 is 0 Å². The van der Waals surface area contributed by atoms with Crippen molar-refractivity contribution in [3.63, 3.8) is 0 Å². The van der Waals surface area contributed by atoms with Gasteiger partial charge in [-0.05, 0) is 0 Å². The van der Waals surface area contributed by atoms with Crippen molar-refractivity contribution in [3.8, 4) is 0 Å². The summed E-state index contributed by atoms with van der Waals surface area (Å²) in [4.78, 5) is 17.2. The Hall–Kier alpha value is -1.37. The van der Waals surface area contributed by atoms with Gasteiger partial charge in [0, 0.05) is 44.1 Å².